The number of hydrogen-bond acceptors (Lipinski definition) is 6. The highest BCUT2D eigenvalue weighted by atomic mass is 35.5. The number of amides is 2. The van der Waals surface area contributed by atoms with E-state index in [2.05, 4.69) is 25.3 Å². The van der Waals surface area contributed by atoms with Crippen LogP contribution in [0.4, 0.5) is 15.8 Å². The van der Waals surface area contributed by atoms with Crippen LogP contribution in [0.15, 0.2) is 42.7 Å². The van der Waals surface area contributed by atoms with Crippen molar-refractivity contribution < 1.29 is 23.5 Å². The Labute approximate surface area is 180 Å². The third-order valence-electron chi connectivity index (χ3n) is 4.25. The standard InChI is InChI=1S/C20H17ClFN5O4/c1-31-20(30)17-16(24-9-25-17)19(29)26-12-3-5-15(10(6-12)8-23)27-18(28)13-4-2-11(22)7-14(13)21/h2-7,9H,8,23H2,1H3,(H,24,25)(H,26,29)(H,27,28). The number of aromatic nitrogens is 2. The quantitative estimate of drug-likeness (QED) is 0.430. The number of methoxy groups -OCH3 is 1. The predicted octanol–water partition coefficient (Wildman–Crippen LogP) is 2.95. The molecule has 11 heteroatoms. The average Bonchev–Trinajstić information content (AvgIpc) is 3.24. The Morgan fingerprint density at radius 1 is 1.16 bits per heavy atom. The molecule has 0 atom stereocenters. The monoisotopic (exact) mass is 445 g/mol. The molecular formula is C20H17ClFN5O4. The fourth-order valence-electron chi connectivity index (χ4n) is 2.74. The van der Waals surface area contributed by atoms with E-state index in [0.717, 1.165) is 12.1 Å². The Balaban J connectivity index is 1.78. The number of halogens is 2. The van der Waals surface area contributed by atoms with Gasteiger partial charge < -0.3 is 26.1 Å². The summed E-state index contributed by atoms with van der Waals surface area (Å²) in [4.78, 5) is 43.0. The molecule has 0 spiro atoms. The summed E-state index contributed by atoms with van der Waals surface area (Å²) in [5.74, 6) is -2.48. The van der Waals surface area contributed by atoms with E-state index in [0.29, 0.717) is 16.9 Å². The van der Waals surface area contributed by atoms with Crippen LogP contribution in [-0.2, 0) is 11.3 Å². The van der Waals surface area contributed by atoms with E-state index in [1.54, 1.807) is 12.1 Å². The summed E-state index contributed by atoms with van der Waals surface area (Å²) < 4.78 is 17.8. The molecule has 3 rings (SSSR count). The normalized spacial score (nSPS) is 10.5. The Morgan fingerprint density at radius 2 is 1.94 bits per heavy atom. The minimum atomic E-state index is -0.758. The van der Waals surface area contributed by atoms with Crippen molar-refractivity contribution in [2.75, 3.05) is 17.7 Å². The van der Waals surface area contributed by atoms with Gasteiger partial charge in [-0.25, -0.2) is 14.2 Å². The van der Waals surface area contributed by atoms with Gasteiger partial charge in [0.05, 0.1) is 24.0 Å². The van der Waals surface area contributed by atoms with Crippen molar-refractivity contribution in [1.29, 1.82) is 0 Å². The van der Waals surface area contributed by atoms with Gasteiger partial charge in [-0.1, -0.05) is 11.6 Å². The molecule has 0 saturated carbocycles. The maximum Gasteiger partial charge on any atom is 0.359 e. The van der Waals surface area contributed by atoms with E-state index < -0.39 is 23.6 Å². The van der Waals surface area contributed by atoms with Gasteiger partial charge in [-0.2, -0.15) is 0 Å². The molecule has 0 fully saturated rings. The average molecular weight is 446 g/mol. The lowest BCUT2D eigenvalue weighted by atomic mass is 10.1. The molecule has 5 N–H and O–H groups in total. The Hall–Kier alpha value is -3.76. The number of carbonyl (C=O) groups is 3. The molecule has 31 heavy (non-hydrogen) atoms. The van der Waals surface area contributed by atoms with Gasteiger partial charge in [-0.15, -0.1) is 0 Å². The van der Waals surface area contributed by atoms with Gasteiger partial charge >= 0.3 is 5.97 Å². The number of nitrogens with one attached hydrogen (secondary N) is 3. The molecule has 9 nitrogen and oxygen atoms in total. The topological polar surface area (TPSA) is 139 Å². The molecule has 0 aliphatic heterocycles. The second-order valence-electron chi connectivity index (χ2n) is 6.23. The summed E-state index contributed by atoms with van der Waals surface area (Å²) in [6.45, 7) is 0.0495. The second kappa shape index (κ2) is 9.37. The fraction of sp³-hybridized carbons (Fsp3) is 0.100. The number of anilines is 2. The summed E-state index contributed by atoms with van der Waals surface area (Å²) in [5.41, 5.74) is 6.93. The summed E-state index contributed by atoms with van der Waals surface area (Å²) in [6.07, 6.45) is 1.20. The summed E-state index contributed by atoms with van der Waals surface area (Å²) >= 11 is 5.93. The minimum Gasteiger partial charge on any atom is -0.464 e. The summed E-state index contributed by atoms with van der Waals surface area (Å²) in [7, 11) is 1.18. The van der Waals surface area contributed by atoms with E-state index in [-0.39, 0.29) is 28.5 Å². The molecule has 1 heterocycles. The number of esters is 1. The van der Waals surface area contributed by atoms with Crippen molar-refractivity contribution in [1.82, 2.24) is 9.97 Å². The second-order valence-corrected chi connectivity index (χ2v) is 6.63. The van der Waals surface area contributed by atoms with Crippen LogP contribution in [0.25, 0.3) is 0 Å². The number of hydrogen-bond donors (Lipinski definition) is 4. The lowest BCUT2D eigenvalue weighted by molar-refractivity contribution is 0.0591. The molecule has 2 amide bonds. The zero-order valence-corrected chi connectivity index (χ0v) is 16.9. The predicted molar refractivity (Wildman–Crippen MR) is 112 cm³/mol. The van der Waals surface area contributed by atoms with Crippen molar-refractivity contribution in [2.24, 2.45) is 5.73 Å². The van der Waals surface area contributed by atoms with Crippen LogP contribution in [-0.4, -0.2) is 34.9 Å². The number of nitrogens with zero attached hydrogens (tertiary/aromatic N) is 1. The maximum absolute atomic E-state index is 13.2. The Bertz CT molecular complexity index is 1160. The van der Waals surface area contributed by atoms with E-state index in [1.807, 2.05) is 0 Å². The van der Waals surface area contributed by atoms with Crippen molar-refractivity contribution in [2.45, 2.75) is 6.54 Å². The number of imidazole rings is 1. The first-order valence-electron chi connectivity index (χ1n) is 8.86. The maximum atomic E-state index is 13.2. The number of H-pyrrole nitrogens is 1. The van der Waals surface area contributed by atoms with Gasteiger partial charge in [0.1, 0.15) is 11.5 Å². The van der Waals surface area contributed by atoms with Crippen LogP contribution in [0.3, 0.4) is 0 Å². The van der Waals surface area contributed by atoms with Crippen molar-refractivity contribution in [3.63, 3.8) is 0 Å². The van der Waals surface area contributed by atoms with E-state index >= 15 is 0 Å². The zero-order chi connectivity index (χ0) is 22.5. The van der Waals surface area contributed by atoms with Gasteiger partial charge in [0, 0.05) is 17.9 Å². The van der Waals surface area contributed by atoms with Crippen LogP contribution in [0, 0.1) is 5.82 Å². The number of carbonyl (C=O) groups excluding carboxylic acids is 3. The third kappa shape index (κ3) is 4.87. The third-order valence-corrected chi connectivity index (χ3v) is 4.56. The van der Waals surface area contributed by atoms with Crippen molar-refractivity contribution >= 4 is 40.8 Å². The van der Waals surface area contributed by atoms with Crippen LogP contribution >= 0.6 is 11.6 Å². The molecule has 0 aliphatic rings. The first kappa shape index (κ1) is 21.9. The molecular weight excluding hydrogens is 429 g/mol. The van der Waals surface area contributed by atoms with Gasteiger partial charge in [-0.05, 0) is 42.0 Å². The highest BCUT2D eigenvalue weighted by Gasteiger charge is 2.21. The van der Waals surface area contributed by atoms with Crippen LogP contribution in [0.2, 0.25) is 5.02 Å². The first-order valence-corrected chi connectivity index (χ1v) is 9.24. The highest BCUT2D eigenvalue weighted by molar-refractivity contribution is 6.34. The summed E-state index contributed by atoms with van der Waals surface area (Å²) in [6, 6.07) is 8.08. The molecule has 0 saturated heterocycles. The van der Waals surface area contributed by atoms with Crippen LogP contribution in [0.5, 0.6) is 0 Å². The van der Waals surface area contributed by atoms with Gasteiger partial charge in [0.2, 0.25) is 0 Å². The number of nitrogens with two attached hydrogens (primary N) is 1. The fourth-order valence-corrected chi connectivity index (χ4v) is 2.99. The largest absolute Gasteiger partial charge is 0.464 e. The Kier molecular flexibility index (Phi) is 6.63. The molecule has 0 bridgehead atoms. The summed E-state index contributed by atoms with van der Waals surface area (Å²) in [5, 5.41) is 5.25. The number of aromatic amines is 1. The lowest BCUT2D eigenvalue weighted by Gasteiger charge is -2.13. The number of benzene rings is 2. The van der Waals surface area contributed by atoms with Crippen LogP contribution < -0.4 is 16.4 Å². The van der Waals surface area contributed by atoms with E-state index in [9.17, 15) is 18.8 Å². The minimum absolute atomic E-state index is 0.0309. The zero-order valence-electron chi connectivity index (χ0n) is 16.2. The van der Waals surface area contributed by atoms with E-state index in [4.69, 9.17) is 17.3 Å². The Morgan fingerprint density at radius 3 is 2.61 bits per heavy atom. The molecule has 160 valence electrons. The first-order chi connectivity index (χ1) is 14.8. The molecule has 2 aromatic carbocycles. The molecule has 3 aromatic rings. The molecule has 0 unspecified atom stereocenters. The number of rotatable bonds is 6. The van der Waals surface area contributed by atoms with Crippen molar-refractivity contribution in [3.05, 3.63) is 76.1 Å². The lowest BCUT2D eigenvalue weighted by Crippen LogP contribution is -2.18. The number of ether oxygens (including phenoxy) is 1. The smallest absolute Gasteiger partial charge is 0.359 e. The molecule has 1 aromatic heterocycles. The molecule has 0 radical (unpaired) electrons. The van der Waals surface area contributed by atoms with Crippen molar-refractivity contribution in [3.8, 4) is 0 Å². The van der Waals surface area contributed by atoms with E-state index in [1.165, 1.54) is 25.6 Å². The SMILES string of the molecule is COC(=O)c1nc[nH]c1C(=O)Nc1ccc(NC(=O)c2ccc(F)cc2Cl)c(CN)c1. The molecule has 0 aliphatic carbocycles. The highest BCUT2D eigenvalue weighted by Crippen LogP contribution is 2.24. The van der Waals surface area contributed by atoms with Gasteiger partial charge in [0.25, 0.3) is 11.8 Å². The van der Waals surface area contributed by atoms with Crippen LogP contribution in [0.1, 0.15) is 36.9 Å². The van der Waals surface area contributed by atoms with Gasteiger partial charge in [-0.3, -0.25) is 9.59 Å². The van der Waals surface area contributed by atoms with Gasteiger partial charge in [0.15, 0.2) is 5.69 Å².